The van der Waals surface area contributed by atoms with Gasteiger partial charge in [0, 0.05) is 24.0 Å². The first-order valence-corrected chi connectivity index (χ1v) is 7.23. The lowest BCUT2D eigenvalue weighted by Gasteiger charge is -2.21. The Morgan fingerprint density at radius 3 is 2.58 bits per heavy atom. The predicted octanol–water partition coefficient (Wildman–Crippen LogP) is 3.66. The Morgan fingerprint density at radius 1 is 1.04 bits per heavy atom. The van der Waals surface area contributed by atoms with Gasteiger partial charge in [-0.05, 0) is 18.2 Å². The topological polar surface area (TPSA) is 66.6 Å². The summed E-state index contributed by atoms with van der Waals surface area (Å²) >= 11 is 0. The van der Waals surface area contributed by atoms with Crippen molar-refractivity contribution in [3.8, 4) is 23.0 Å². The molecule has 5 nitrogen and oxygen atoms in total. The molecule has 122 valence electrons. The normalized spacial score (nSPS) is 13.1. The maximum atomic E-state index is 14.0. The van der Waals surface area contributed by atoms with E-state index in [1.54, 1.807) is 12.1 Å². The molecule has 2 heterocycles. The fourth-order valence-electron chi connectivity index (χ4n) is 2.59. The third-order valence-electron chi connectivity index (χ3n) is 3.61. The SMILES string of the molecule is Nc1cc(F)c(Oc2ccnc3ccc4c(c23)OCCO4)c(F)c1. The molecule has 24 heavy (non-hydrogen) atoms. The smallest absolute Gasteiger partial charge is 0.198 e. The number of hydrogen-bond donors (Lipinski definition) is 1. The van der Waals surface area contributed by atoms with Crippen LogP contribution in [0.15, 0.2) is 36.5 Å². The molecule has 0 aliphatic carbocycles. The van der Waals surface area contributed by atoms with E-state index < -0.39 is 17.4 Å². The number of nitrogens with zero attached hydrogens (tertiary/aromatic N) is 1. The minimum atomic E-state index is -0.889. The summed E-state index contributed by atoms with van der Waals surface area (Å²) in [7, 11) is 0. The molecule has 1 aromatic heterocycles. The standard InChI is InChI=1S/C17H12F2N2O3/c18-10-7-9(20)8-11(19)16(10)24-13-3-4-21-12-1-2-14-17(15(12)13)23-6-5-22-14/h1-4,7-8H,5-6,20H2. The number of nitrogens with two attached hydrogens (primary N) is 1. The number of rotatable bonds is 2. The Morgan fingerprint density at radius 2 is 1.79 bits per heavy atom. The average Bonchev–Trinajstić information content (AvgIpc) is 2.57. The van der Waals surface area contributed by atoms with Crippen LogP contribution in [0, 0.1) is 11.6 Å². The van der Waals surface area contributed by atoms with Gasteiger partial charge in [0.25, 0.3) is 0 Å². The molecule has 0 saturated heterocycles. The third kappa shape index (κ3) is 2.34. The summed E-state index contributed by atoms with van der Waals surface area (Å²) < 4.78 is 44.7. The van der Waals surface area contributed by atoms with Gasteiger partial charge in [0.05, 0.1) is 10.9 Å². The van der Waals surface area contributed by atoms with E-state index >= 15 is 0 Å². The monoisotopic (exact) mass is 330 g/mol. The Hall–Kier alpha value is -3.09. The summed E-state index contributed by atoms with van der Waals surface area (Å²) in [5.74, 6) is -1.13. The van der Waals surface area contributed by atoms with E-state index in [0.29, 0.717) is 35.6 Å². The zero-order valence-corrected chi connectivity index (χ0v) is 12.4. The van der Waals surface area contributed by atoms with Crippen molar-refractivity contribution in [2.45, 2.75) is 0 Å². The minimum absolute atomic E-state index is 0.0222. The number of halogens is 2. The second-order valence-electron chi connectivity index (χ2n) is 5.21. The highest BCUT2D eigenvalue weighted by molar-refractivity contribution is 5.93. The molecule has 0 unspecified atom stereocenters. The molecule has 1 aliphatic rings. The number of benzene rings is 2. The van der Waals surface area contributed by atoms with Crippen molar-refractivity contribution in [1.82, 2.24) is 4.98 Å². The fraction of sp³-hybridized carbons (Fsp3) is 0.118. The number of hydrogen-bond acceptors (Lipinski definition) is 5. The predicted molar refractivity (Wildman–Crippen MR) is 83.6 cm³/mol. The van der Waals surface area contributed by atoms with Crippen molar-refractivity contribution in [1.29, 1.82) is 0 Å². The molecule has 0 radical (unpaired) electrons. The van der Waals surface area contributed by atoms with Crippen molar-refractivity contribution in [3.05, 3.63) is 48.2 Å². The molecule has 1 aliphatic heterocycles. The van der Waals surface area contributed by atoms with Crippen LogP contribution >= 0.6 is 0 Å². The molecular formula is C17H12F2N2O3. The molecule has 2 N–H and O–H groups in total. The van der Waals surface area contributed by atoms with Gasteiger partial charge in [-0.15, -0.1) is 0 Å². The van der Waals surface area contributed by atoms with Crippen molar-refractivity contribution < 1.29 is 23.0 Å². The molecule has 0 saturated carbocycles. The van der Waals surface area contributed by atoms with Crippen molar-refractivity contribution in [2.24, 2.45) is 0 Å². The first-order chi connectivity index (χ1) is 11.6. The second-order valence-corrected chi connectivity index (χ2v) is 5.21. The number of aromatic nitrogens is 1. The average molecular weight is 330 g/mol. The molecular weight excluding hydrogens is 318 g/mol. The number of anilines is 1. The van der Waals surface area contributed by atoms with E-state index in [0.717, 1.165) is 12.1 Å². The molecule has 4 rings (SSSR count). The van der Waals surface area contributed by atoms with Gasteiger partial charge in [-0.1, -0.05) is 0 Å². The van der Waals surface area contributed by atoms with Gasteiger partial charge >= 0.3 is 0 Å². The number of fused-ring (bicyclic) bond motifs is 3. The van der Waals surface area contributed by atoms with Crippen LogP contribution in [0.5, 0.6) is 23.0 Å². The summed E-state index contributed by atoms with van der Waals surface area (Å²) in [6, 6.07) is 6.97. The Bertz CT molecular complexity index is 924. The van der Waals surface area contributed by atoms with Crippen molar-refractivity contribution in [3.63, 3.8) is 0 Å². The zero-order chi connectivity index (χ0) is 16.7. The van der Waals surface area contributed by atoms with Crippen LogP contribution in [-0.4, -0.2) is 18.2 Å². The lowest BCUT2D eigenvalue weighted by atomic mass is 10.1. The molecule has 0 spiro atoms. The molecule has 0 atom stereocenters. The zero-order valence-electron chi connectivity index (χ0n) is 12.4. The number of pyridine rings is 1. The van der Waals surface area contributed by atoms with E-state index in [2.05, 4.69) is 4.98 Å². The number of nitrogen functional groups attached to an aromatic ring is 1. The molecule has 2 aromatic carbocycles. The van der Waals surface area contributed by atoms with E-state index in [9.17, 15) is 8.78 Å². The van der Waals surface area contributed by atoms with E-state index in [1.165, 1.54) is 12.3 Å². The first kappa shape index (κ1) is 14.5. The fourth-order valence-corrected chi connectivity index (χ4v) is 2.59. The van der Waals surface area contributed by atoms with Crippen molar-refractivity contribution >= 4 is 16.6 Å². The van der Waals surface area contributed by atoms with Crippen LogP contribution in [0.25, 0.3) is 10.9 Å². The van der Waals surface area contributed by atoms with E-state index in [-0.39, 0.29) is 11.4 Å². The summed E-state index contributed by atoms with van der Waals surface area (Å²) in [5.41, 5.74) is 5.96. The molecule has 0 amide bonds. The highest BCUT2D eigenvalue weighted by Crippen LogP contribution is 2.43. The summed E-state index contributed by atoms with van der Waals surface area (Å²) in [5, 5.41) is 0.491. The molecule has 0 fully saturated rings. The van der Waals surface area contributed by atoms with Crippen LogP contribution in [0.3, 0.4) is 0 Å². The van der Waals surface area contributed by atoms with Gasteiger partial charge in [-0.3, -0.25) is 4.98 Å². The molecule has 3 aromatic rings. The number of ether oxygens (including phenoxy) is 3. The minimum Gasteiger partial charge on any atom is -0.486 e. The first-order valence-electron chi connectivity index (χ1n) is 7.23. The second kappa shape index (κ2) is 5.52. The van der Waals surface area contributed by atoms with E-state index in [4.69, 9.17) is 19.9 Å². The van der Waals surface area contributed by atoms with Crippen LogP contribution in [0.2, 0.25) is 0 Å². The Kier molecular flexibility index (Phi) is 3.34. The van der Waals surface area contributed by atoms with Gasteiger partial charge in [-0.25, -0.2) is 8.78 Å². The quantitative estimate of drug-likeness (QED) is 0.726. The van der Waals surface area contributed by atoms with Crippen LogP contribution in [-0.2, 0) is 0 Å². The Labute approximate surface area is 135 Å². The highest BCUT2D eigenvalue weighted by atomic mass is 19.1. The highest BCUT2D eigenvalue weighted by Gasteiger charge is 2.21. The lowest BCUT2D eigenvalue weighted by molar-refractivity contribution is 0.173. The van der Waals surface area contributed by atoms with Gasteiger partial charge in [0.15, 0.2) is 28.9 Å². The van der Waals surface area contributed by atoms with Crippen LogP contribution in [0.1, 0.15) is 0 Å². The third-order valence-corrected chi connectivity index (χ3v) is 3.61. The van der Waals surface area contributed by atoms with Crippen LogP contribution in [0.4, 0.5) is 14.5 Å². The van der Waals surface area contributed by atoms with Crippen molar-refractivity contribution in [2.75, 3.05) is 18.9 Å². The van der Waals surface area contributed by atoms with E-state index in [1.807, 2.05) is 0 Å². The summed E-state index contributed by atoms with van der Waals surface area (Å²) in [6.45, 7) is 0.793. The van der Waals surface area contributed by atoms with Crippen LogP contribution < -0.4 is 19.9 Å². The van der Waals surface area contributed by atoms with Gasteiger partial charge in [-0.2, -0.15) is 0 Å². The lowest BCUT2D eigenvalue weighted by Crippen LogP contribution is -2.15. The van der Waals surface area contributed by atoms with Gasteiger partial charge in [0.2, 0.25) is 0 Å². The maximum absolute atomic E-state index is 14.0. The van der Waals surface area contributed by atoms with Gasteiger partial charge < -0.3 is 19.9 Å². The summed E-state index contributed by atoms with van der Waals surface area (Å²) in [6.07, 6.45) is 1.49. The summed E-state index contributed by atoms with van der Waals surface area (Å²) in [4.78, 5) is 4.23. The Balaban J connectivity index is 1.89. The molecule has 7 heteroatoms. The maximum Gasteiger partial charge on any atom is 0.198 e. The van der Waals surface area contributed by atoms with Gasteiger partial charge in [0.1, 0.15) is 19.0 Å². The largest absolute Gasteiger partial charge is 0.486 e. The molecule has 0 bridgehead atoms.